The van der Waals surface area contributed by atoms with Gasteiger partial charge in [-0.2, -0.15) is 4.98 Å². The molecule has 0 bridgehead atoms. The van der Waals surface area contributed by atoms with E-state index < -0.39 is 0 Å². The molecule has 1 saturated heterocycles. The van der Waals surface area contributed by atoms with Crippen molar-refractivity contribution in [2.75, 3.05) is 6.54 Å². The molecule has 1 aliphatic rings. The van der Waals surface area contributed by atoms with Gasteiger partial charge < -0.3 is 9.42 Å². The Morgan fingerprint density at radius 3 is 2.69 bits per heavy atom. The second-order valence-electron chi connectivity index (χ2n) is 6.92. The van der Waals surface area contributed by atoms with Gasteiger partial charge >= 0.3 is 0 Å². The lowest BCUT2D eigenvalue weighted by atomic mass is 10.1. The van der Waals surface area contributed by atoms with Crippen LogP contribution in [0.15, 0.2) is 53.1 Å². The van der Waals surface area contributed by atoms with Gasteiger partial charge in [-0.1, -0.05) is 41.6 Å². The molecule has 0 aliphatic carbocycles. The predicted molar refractivity (Wildman–Crippen MR) is 98.4 cm³/mol. The molecule has 1 unspecified atom stereocenters. The van der Waals surface area contributed by atoms with E-state index in [1.165, 1.54) is 11.1 Å². The fourth-order valence-electron chi connectivity index (χ4n) is 3.29. The van der Waals surface area contributed by atoms with Crippen molar-refractivity contribution in [2.24, 2.45) is 0 Å². The van der Waals surface area contributed by atoms with Gasteiger partial charge in [0.1, 0.15) is 0 Å². The summed E-state index contributed by atoms with van der Waals surface area (Å²) in [6.45, 7) is 5.38. The number of aryl methyl sites for hydroxylation is 2. The molecule has 1 amide bonds. The average Bonchev–Trinajstić information content (AvgIpc) is 3.26. The summed E-state index contributed by atoms with van der Waals surface area (Å²) in [5.74, 6) is 1.24. The number of benzene rings is 2. The number of rotatable bonds is 4. The first-order chi connectivity index (χ1) is 12.6. The lowest BCUT2D eigenvalue weighted by Crippen LogP contribution is -2.24. The summed E-state index contributed by atoms with van der Waals surface area (Å²) < 4.78 is 5.46. The molecule has 4 rings (SSSR count). The van der Waals surface area contributed by atoms with E-state index in [4.69, 9.17) is 4.52 Å². The molecule has 3 aromatic rings. The Labute approximate surface area is 152 Å². The first kappa shape index (κ1) is 16.5. The van der Waals surface area contributed by atoms with Crippen LogP contribution in [0.4, 0.5) is 0 Å². The molecule has 26 heavy (non-hydrogen) atoms. The highest BCUT2D eigenvalue weighted by Crippen LogP contribution is 2.29. The van der Waals surface area contributed by atoms with Crippen LogP contribution in [0, 0.1) is 13.8 Å². The fourth-order valence-corrected chi connectivity index (χ4v) is 3.29. The molecule has 132 valence electrons. The fraction of sp³-hybridized carbons (Fsp3) is 0.286. The van der Waals surface area contributed by atoms with Crippen molar-refractivity contribution in [1.82, 2.24) is 15.0 Å². The molecule has 0 saturated carbocycles. The zero-order chi connectivity index (χ0) is 18.1. The number of nitrogens with zero attached hydrogens (tertiary/aromatic N) is 3. The number of aromatic nitrogens is 2. The number of carbonyl (C=O) groups excluding carboxylic acids is 1. The third-order valence-corrected chi connectivity index (χ3v) is 4.99. The lowest BCUT2D eigenvalue weighted by Gasteiger charge is -2.15. The van der Waals surface area contributed by atoms with Gasteiger partial charge in [0.25, 0.3) is 5.89 Å². The molecule has 5 heteroatoms. The summed E-state index contributed by atoms with van der Waals surface area (Å²) in [5, 5.41) is 4.14. The molecule has 1 aromatic heterocycles. The molecule has 1 fully saturated rings. The number of likely N-dealkylation sites (tertiary alicyclic amines) is 1. The minimum absolute atomic E-state index is 0.0183. The lowest BCUT2D eigenvalue weighted by molar-refractivity contribution is -0.128. The summed E-state index contributed by atoms with van der Waals surface area (Å²) in [6.07, 6.45) is 0.429. The topological polar surface area (TPSA) is 59.2 Å². The minimum atomic E-state index is -0.0183. The Morgan fingerprint density at radius 1 is 1.12 bits per heavy atom. The second kappa shape index (κ2) is 6.75. The zero-order valence-electron chi connectivity index (χ0n) is 15.0. The first-order valence-corrected chi connectivity index (χ1v) is 8.83. The maximum atomic E-state index is 12.4. The smallest absolute Gasteiger partial charge is 0.257 e. The third-order valence-electron chi connectivity index (χ3n) is 4.99. The van der Waals surface area contributed by atoms with Gasteiger partial charge in [0.05, 0.1) is 0 Å². The highest BCUT2D eigenvalue weighted by molar-refractivity contribution is 5.79. The largest absolute Gasteiger partial charge is 0.338 e. The van der Waals surface area contributed by atoms with Crippen LogP contribution < -0.4 is 0 Å². The maximum Gasteiger partial charge on any atom is 0.257 e. The Kier molecular flexibility index (Phi) is 4.29. The highest BCUT2D eigenvalue weighted by Gasteiger charge is 2.33. The van der Waals surface area contributed by atoms with Crippen LogP contribution in [0.5, 0.6) is 0 Å². The number of amides is 1. The molecule has 0 N–H and O–H groups in total. The van der Waals surface area contributed by atoms with Crippen LogP contribution in [0.1, 0.15) is 34.9 Å². The summed E-state index contributed by atoms with van der Waals surface area (Å²) in [6, 6.07) is 16.1. The zero-order valence-corrected chi connectivity index (χ0v) is 15.0. The van der Waals surface area contributed by atoms with E-state index in [2.05, 4.69) is 30.1 Å². The van der Waals surface area contributed by atoms with Crippen molar-refractivity contribution in [3.63, 3.8) is 0 Å². The summed E-state index contributed by atoms with van der Waals surface area (Å²) >= 11 is 0. The van der Waals surface area contributed by atoms with Gasteiger partial charge in [0.15, 0.2) is 5.82 Å². The van der Waals surface area contributed by atoms with Crippen molar-refractivity contribution >= 4 is 5.91 Å². The molecule has 0 radical (unpaired) electrons. The van der Waals surface area contributed by atoms with Crippen molar-refractivity contribution in [2.45, 2.75) is 32.7 Å². The molecule has 1 atom stereocenters. The third kappa shape index (κ3) is 3.25. The van der Waals surface area contributed by atoms with Crippen LogP contribution in [0.3, 0.4) is 0 Å². The molecule has 1 aliphatic heterocycles. The van der Waals surface area contributed by atoms with Gasteiger partial charge in [-0.3, -0.25) is 4.79 Å². The average molecular weight is 347 g/mol. The standard InChI is InChI=1S/C21H21N3O2/c1-14-8-9-17(10-15(14)2)21-22-20(23-26-21)18-11-19(25)24(13-18)12-16-6-4-3-5-7-16/h3-10,18H,11-13H2,1-2H3. The summed E-state index contributed by atoms with van der Waals surface area (Å²) in [5.41, 5.74) is 4.46. The van der Waals surface area contributed by atoms with Crippen molar-refractivity contribution in [3.05, 3.63) is 71.0 Å². The number of hydrogen-bond acceptors (Lipinski definition) is 4. The number of hydrogen-bond donors (Lipinski definition) is 0. The summed E-state index contributed by atoms with van der Waals surface area (Å²) in [4.78, 5) is 18.8. The van der Waals surface area contributed by atoms with Crippen molar-refractivity contribution in [1.29, 1.82) is 0 Å². The van der Waals surface area contributed by atoms with Gasteiger partial charge in [-0.05, 0) is 42.7 Å². The Hall–Kier alpha value is -2.95. The maximum absolute atomic E-state index is 12.4. The van der Waals surface area contributed by atoms with Gasteiger partial charge in [0.2, 0.25) is 5.91 Å². The second-order valence-corrected chi connectivity index (χ2v) is 6.92. The van der Waals surface area contributed by atoms with E-state index in [0.717, 1.165) is 11.1 Å². The molecule has 2 heterocycles. The Bertz CT molecular complexity index is 933. The van der Waals surface area contributed by atoms with E-state index in [1.807, 2.05) is 47.4 Å². The van der Waals surface area contributed by atoms with Gasteiger partial charge in [-0.25, -0.2) is 0 Å². The van der Waals surface area contributed by atoms with E-state index >= 15 is 0 Å². The predicted octanol–water partition coefficient (Wildman–Crippen LogP) is 3.87. The number of carbonyl (C=O) groups is 1. The molecule has 0 spiro atoms. The molecular weight excluding hydrogens is 326 g/mol. The van der Waals surface area contributed by atoms with Gasteiger partial charge in [-0.15, -0.1) is 0 Å². The van der Waals surface area contributed by atoms with Crippen LogP contribution in [-0.2, 0) is 11.3 Å². The normalized spacial score (nSPS) is 17.1. The van der Waals surface area contributed by atoms with Crippen LogP contribution in [0.2, 0.25) is 0 Å². The quantitative estimate of drug-likeness (QED) is 0.719. The Balaban J connectivity index is 1.49. The van der Waals surface area contributed by atoms with E-state index in [1.54, 1.807) is 0 Å². The molecule has 2 aromatic carbocycles. The van der Waals surface area contributed by atoms with E-state index in [-0.39, 0.29) is 11.8 Å². The molecule has 5 nitrogen and oxygen atoms in total. The van der Waals surface area contributed by atoms with Crippen LogP contribution in [0.25, 0.3) is 11.5 Å². The van der Waals surface area contributed by atoms with Crippen LogP contribution in [-0.4, -0.2) is 27.5 Å². The highest BCUT2D eigenvalue weighted by atomic mass is 16.5. The SMILES string of the molecule is Cc1ccc(-c2nc(C3CC(=O)N(Cc4ccccc4)C3)no2)cc1C. The van der Waals surface area contributed by atoms with E-state index in [9.17, 15) is 4.79 Å². The van der Waals surface area contributed by atoms with Crippen molar-refractivity contribution in [3.8, 4) is 11.5 Å². The monoisotopic (exact) mass is 347 g/mol. The van der Waals surface area contributed by atoms with Crippen LogP contribution >= 0.6 is 0 Å². The molecular formula is C21H21N3O2. The van der Waals surface area contributed by atoms with Crippen molar-refractivity contribution < 1.29 is 9.32 Å². The first-order valence-electron chi connectivity index (χ1n) is 8.83. The Morgan fingerprint density at radius 2 is 1.92 bits per heavy atom. The minimum Gasteiger partial charge on any atom is -0.338 e. The summed E-state index contributed by atoms with van der Waals surface area (Å²) in [7, 11) is 0. The van der Waals surface area contributed by atoms with E-state index in [0.29, 0.717) is 31.2 Å². The van der Waals surface area contributed by atoms with Gasteiger partial charge in [0, 0.05) is 31.0 Å².